The lowest BCUT2D eigenvalue weighted by atomic mass is 9.95. The van der Waals surface area contributed by atoms with Crippen LogP contribution in [0.4, 0.5) is 10.5 Å². The van der Waals surface area contributed by atoms with E-state index in [4.69, 9.17) is 0 Å². The van der Waals surface area contributed by atoms with E-state index in [0.717, 1.165) is 51.9 Å². The molecule has 152 valence electrons. The van der Waals surface area contributed by atoms with Crippen LogP contribution in [0.2, 0.25) is 0 Å². The second-order valence-corrected chi connectivity index (χ2v) is 8.52. The molecule has 0 unspecified atom stereocenters. The number of likely N-dealkylation sites (tertiary alicyclic amines) is 1. The van der Waals surface area contributed by atoms with Gasteiger partial charge in [0, 0.05) is 56.9 Å². The molecule has 2 aliphatic heterocycles. The lowest BCUT2D eigenvalue weighted by Gasteiger charge is -2.40. The Morgan fingerprint density at radius 1 is 0.893 bits per heavy atom. The van der Waals surface area contributed by atoms with E-state index in [1.165, 1.54) is 16.8 Å². The summed E-state index contributed by atoms with van der Waals surface area (Å²) in [5.41, 5.74) is 3.94. The molecule has 3 aliphatic rings. The third-order valence-electron chi connectivity index (χ3n) is 6.54. The Bertz CT molecular complexity index is 730. The monoisotopic (exact) mass is 384 g/mol. The van der Waals surface area contributed by atoms with Crippen molar-refractivity contribution in [1.29, 1.82) is 0 Å². The van der Waals surface area contributed by atoms with Crippen LogP contribution in [-0.2, 0) is 4.79 Å². The average Bonchev–Trinajstić information content (AvgIpc) is 3.54. The van der Waals surface area contributed by atoms with E-state index in [2.05, 4.69) is 42.3 Å². The molecule has 1 aromatic rings. The molecular weight excluding hydrogens is 352 g/mol. The van der Waals surface area contributed by atoms with Crippen molar-refractivity contribution < 1.29 is 9.59 Å². The maximum atomic E-state index is 13.0. The molecule has 1 saturated carbocycles. The number of hydrogen-bond donors (Lipinski definition) is 1. The van der Waals surface area contributed by atoms with Gasteiger partial charge in [0.1, 0.15) is 0 Å². The Morgan fingerprint density at radius 3 is 2.21 bits per heavy atom. The van der Waals surface area contributed by atoms with Crippen molar-refractivity contribution in [3.05, 3.63) is 29.3 Å². The van der Waals surface area contributed by atoms with Crippen LogP contribution in [0.3, 0.4) is 0 Å². The summed E-state index contributed by atoms with van der Waals surface area (Å²) in [5, 5.41) is 3.05. The summed E-state index contributed by atoms with van der Waals surface area (Å²) in [6, 6.07) is 6.89. The second-order valence-electron chi connectivity index (χ2n) is 8.52. The first-order chi connectivity index (χ1) is 13.5. The Balaban J connectivity index is 1.26. The molecule has 6 heteroatoms. The summed E-state index contributed by atoms with van der Waals surface area (Å²) in [6.07, 6.45) is 3.78. The van der Waals surface area contributed by atoms with E-state index in [1.54, 1.807) is 0 Å². The summed E-state index contributed by atoms with van der Waals surface area (Å²) in [7, 11) is 0. The normalized spacial score (nSPS) is 21.0. The smallest absolute Gasteiger partial charge is 0.317 e. The van der Waals surface area contributed by atoms with Gasteiger partial charge in [-0.25, -0.2) is 4.79 Å². The number of rotatable bonds is 3. The summed E-state index contributed by atoms with van der Waals surface area (Å²) in [5.74, 6) is 0.347. The number of urea groups is 1. The van der Waals surface area contributed by atoms with Gasteiger partial charge in [0.15, 0.2) is 0 Å². The van der Waals surface area contributed by atoms with Gasteiger partial charge in [0.25, 0.3) is 0 Å². The third-order valence-corrected chi connectivity index (χ3v) is 6.54. The number of amides is 3. The Labute approximate surface area is 167 Å². The molecule has 4 rings (SSSR count). The highest BCUT2D eigenvalue weighted by Gasteiger charge is 2.33. The lowest BCUT2D eigenvalue weighted by Crippen LogP contribution is -2.52. The maximum absolute atomic E-state index is 13.0. The largest absolute Gasteiger partial charge is 0.368 e. The van der Waals surface area contributed by atoms with Crippen molar-refractivity contribution in [2.45, 2.75) is 45.6 Å². The van der Waals surface area contributed by atoms with E-state index < -0.39 is 0 Å². The lowest BCUT2D eigenvalue weighted by molar-refractivity contribution is -0.137. The zero-order valence-corrected chi connectivity index (χ0v) is 17.1. The van der Waals surface area contributed by atoms with Crippen LogP contribution in [0.25, 0.3) is 0 Å². The molecule has 6 nitrogen and oxygen atoms in total. The van der Waals surface area contributed by atoms with E-state index in [1.807, 2.05) is 9.80 Å². The first-order valence-corrected chi connectivity index (χ1v) is 10.7. The van der Waals surface area contributed by atoms with Crippen molar-refractivity contribution in [2.24, 2.45) is 5.92 Å². The number of piperidine rings is 1. The van der Waals surface area contributed by atoms with Gasteiger partial charge in [0.2, 0.25) is 5.91 Å². The van der Waals surface area contributed by atoms with Gasteiger partial charge in [-0.05, 0) is 56.7 Å². The Kier molecular flexibility index (Phi) is 5.47. The topological polar surface area (TPSA) is 55.9 Å². The Hall–Kier alpha value is -2.24. The number of anilines is 1. The van der Waals surface area contributed by atoms with E-state index in [9.17, 15) is 9.59 Å². The predicted molar refractivity (Wildman–Crippen MR) is 111 cm³/mol. The summed E-state index contributed by atoms with van der Waals surface area (Å²) in [4.78, 5) is 31.4. The minimum atomic E-state index is 0.0514. The Morgan fingerprint density at radius 2 is 1.57 bits per heavy atom. The maximum Gasteiger partial charge on any atom is 0.317 e. The van der Waals surface area contributed by atoms with Crippen LogP contribution in [0, 0.1) is 19.8 Å². The van der Waals surface area contributed by atoms with Gasteiger partial charge in [0.05, 0.1) is 0 Å². The van der Waals surface area contributed by atoms with Crippen LogP contribution in [-0.4, -0.2) is 67.0 Å². The molecular formula is C22H32N4O2. The van der Waals surface area contributed by atoms with Crippen LogP contribution in [0.5, 0.6) is 0 Å². The third kappa shape index (κ3) is 4.10. The highest BCUT2D eigenvalue weighted by molar-refractivity contribution is 5.80. The van der Waals surface area contributed by atoms with Crippen molar-refractivity contribution in [3.63, 3.8) is 0 Å². The van der Waals surface area contributed by atoms with E-state index in [0.29, 0.717) is 19.1 Å². The SMILES string of the molecule is Cc1cccc(N2CCN(C(=O)C3CCN(C(=O)NC4CC4)CC3)CC2)c1C. The number of nitrogens with one attached hydrogen (secondary N) is 1. The molecule has 1 N–H and O–H groups in total. The number of nitrogens with zero attached hydrogens (tertiary/aromatic N) is 3. The quantitative estimate of drug-likeness (QED) is 0.871. The molecule has 3 fully saturated rings. The molecule has 0 spiro atoms. The van der Waals surface area contributed by atoms with Gasteiger partial charge in [-0.3, -0.25) is 4.79 Å². The van der Waals surface area contributed by atoms with Gasteiger partial charge in [-0.2, -0.15) is 0 Å². The van der Waals surface area contributed by atoms with Crippen LogP contribution >= 0.6 is 0 Å². The van der Waals surface area contributed by atoms with Crippen molar-refractivity contribution in [3.8, 4) is 0 Å². The van der Waals surface area contributed by atoms with Crippen LogP contribution in [0.15, 0.2) is 18.2 Å². The van der Waals surface area contributed by atoms with Gasteiger partial charge >= 0.3 is 6.03 Å². The zero-order valence-electron chi connectivity index (χ0n) is 17.1. The van der Waals surface area contributed by atoms with Crippen LogP contribution < -0.4 is 10.2 Å². The molecule has 1 aliphatic carbocycles. The molecule has 2 saturated heterocycles. The molecule has 0 bridgehead atoms. The van der Waals surface area contributed by atoms with E-state index >= 15 is 0 Å². The average molecular weight is 385 g/mol. The fourth-order valence-electron chi connectivity index (χ4n) is 4.33. The molecule has 28 heavy (non-hydrogen) atoms. The van der Waals surface area contributed by atoms with E-state index in [-0.39, 0.29) is 17.9 Å². The molecule has 0 aromatic heterocycles. The summed E-state index contributed by atoms with van der Waals surface area (Å²) < 4.78 is 0. The minimum absolute atomic E-state index is 0.0514. The number of aryl methyl sites for hydroxylation is 1. The highest BCUT2D eigenvalue weighted by atomic mass is 16.2. The molecule has 0 radical (unpaired) electrons. The first kappa shape index (κ1) is 19.1. The second kappa shape index (κ2) is 8.02. The number of piperazine rings is 1. The standard InChI is InChI=1S/C22H32N4O2/c1-16-4-3-5-20(17(16)2)24-12-14-25(15-13-24)21(27)18-8-10-26(11-9-18)22(28)23-19-6-7-19/h3-5,18-19H,6-15H2,1-2H3,(H,23,28). The number of carbonyl (C=O) groups is 2. The molecule has 1 aromatic carbocycles. The van der Waals surface area contributed by atoms with Crippen molar-refractivity contribution >= 4 is 17.6 Å². The van der Waals surface area contributed by atoms with Gasteiger partial charge in [-0.15, -0.1) is 0 Å². The zero-order chi connectivity index (χ0) is 19.7. The molecule has 2 heterocycles. The predicted octanol–water partition coefficient (Wildman–Crippen LogP) is 2.54. The first-order valence-electron chi connectivity index (χ1n) is 10.7. The fourth-order valence-corrected chi connectivity index (χ4v) is 4.33. The minimum Gasteiger partial charge on any atom is -0.368 e. The number of carbonyl (C=O) groups excluding carboxylic acids is 2. The van der Waals surface area contributed by atoms with Gasteiger partial charge in [-0.1, -0.05) is 12.1 Å². The van der Waals surface area contributed by atoms with Crippen LogP contribution in [0.1, 0.15) is 36.8 Å². The highest BCUT2D eigenvalue weighted by Crippen LogP contribution is 2.26. The number of benzene rings is 1. The summed E-state index contributed by atoms with van der Waals surface area (Å²) in [6.45, 7) is 9.06. The van der Waals surface area contributed by atoms with Crippen molar-refractivity contribution in [2.75, 3.05) is 44.2 Å². The molecule has 0 atom stereocenters. The summed E-state index contributed by atoms with van der Waals surface area (Å²) >= 11 is 0. The van der Waals surface area contributed by atoms with Gasteiger partial charge < -0.3 is 20.0 Å². The van der Waals surface area contributed by atoms with Crippen molar-refractivity contribution in [1.82, 2.24) is 15.1 Å². The number of hydrogen-bond acceptors (Lipinski definition) is 3. The fraction of sp³-hybridized carbons (Fsp3) is 0.636. The molecule has 3 amide bonds.